The van der Waals surface area contributed by atoms with Crippen LogP contribution in [-0.4, -0.2) is 14.0 Å². The van der Waals surface area contributed by atoms with Crippen LogP contribution in [0, 0.1) is 5.82 Å². The summed E-state index contributed by atoms with van der Waals surface area (Å²) in [6.45, 7) is 0.492. The molecule has 0 atom stereocenters. The molecule has 0 aliphatic heterocycles. The Labute approximate surface area is 94.5 Å². The first-order valence-corrected chi connectivity index (χ1v) is 5.76. The smallest absolute Gasteiger partial charge is 0.349 e. The molecule has 78 valence electrons. The summed E-state index contributed by atoms with van der Waals surface area (Å²) in [7, 11) is 0. The van der Waals surface area contributed by atoms with Crippen molar-refractivity contribution in [1.29, 1.82) is 0 Å². The highest BCUT2D eigenvalue weighted by atomic mass is 127. The topological polar surface area (TPSA) is 60.9 Å². The molecule has 0 saturated heterocycles. The van der Waals surface area contributed by atoms with Crippen molar-refractivity contribution in [3.63, 3.8) is 0 Å². The van der Waals surface area contributed by atoms with Crippen LogP contribution in [0.4, 0.5) is 10.2 Å². The Morgan fingerprint density at radius 2 is 2.29 bits per heavy atom. The van der Waals surface area contributed by atoms with E-state index >= 15 is 0 Å². The second-order valence-electron chi connectivity index (χ2n) is 2.85. The molecule has 14 heavy (non-hydrogen) atoms. The first-order valence-electron chi connectivity index (χ1n) is 4.23. The number of aromatic nitrogens is 2. The van der Waals surface area contributed by atoms with Gasteiger partial charge < -0.3 is 5.73 Å². The Balaban J connectivity index is 2.77. The molecule has 0 saturated carbocycles. The minimum absolute atomic E-state index is 0.333. The molecule has 0 aromatic carbocycles. The van der Waals surface area contributed by atoms with Crippen LogP contribution in [-0.2, 0) is 6.54 Å². The van der Waals surface area contributed by atoms with Gasteiger partial charge in [-0.2, -0.15) is 4.98 Å². The predicted molar refractivity (Wildman–Crippen MR) is 61.0 cm³/mol. The molecule has 1 heterocycles. The van der Waals surface area contributed by atoms with Crippen LogP contribution in [0.3, 0.4) is 0 Å². The Hall–Kier alpha value is -0.660. The van der Waals surface area contributed by atoms with E-state index in [4.69, 9.17) is 5.73 Å². The fourth-order valence-electron chi connectivity index (χ4n) is 1.02. The number of nitrogen functional groups attached to an aromatic ring is 1. The molecule has 4 nitrogen and oxygen atoms in total. The molecule has 0 unspecified atom stereocenters. The lowest BCUT2D eigenvalue weighted by atomic mass is 10.3. The average molecular weight is 311 g/mol. The third-order valence-electron chi connectivity index (χ3n) is 1.76. The molecule has 0 aliphatic carbocycles. The van der Waals surface area contributed by atoms with Gasteiger partial charge in [-0.15, -0.1) is 0 Å². The first kappa shape index (κ1) is 11.4. The van der Waals surface area contributed by atoms with E-state index in [1.54, 1.807) is 0 Å². The maximum Gasteiger partial charge on any atom is 0.349 e. The van der Waals surface area contributed by atoms with E-state index < -0.39 is 11.5 Å². The van der Waals surface area contributed by atoms with Gasteiger partial charge in [-0.05, 0) is 17.3 Å². The molecule has 0 bridgehead atoms. The Bertz CT molecular complexity index is 366. The summed E-state index contributed by atoms with van der Waals surface area (Å²) in [4.78, 5) is 14.5. The molecular formula is C8H11FIN3O. The number of aryl methyl sites for hydroxylation is 1. The largest absolute Gasteiger partial charge is 0.381 e. The van der Waals surface area contributed by atoms with Crippen molar-refractivity contribution in [3.05, 3.63) is 22.5 Å². The van der Waals surface area contributed by atoms with Gasteiger partial charge in [0.15, 0.2) is 11.6 Å². The molecule has 0 fully saturated rings. The highest BCUT2D eigenvalue weighted by Gasteiger charge is 2.04. The van der Waals surface area contributed by atoms with Crippen molar-refractivity contribution in [2.75, 3.05) is 10.2 Å². The number of anilines is 1. The van der Waals surface area contributed by atoms with Crippen LogP contribution in [0.5, 0.6) is 0 Å². The molecule has 0 spiro atoms. The van der Waals surface area contributed by atoms with E-state index in [1.807, 2.05) is 0 Å². The van der Waals surface area contributed by atoms with E-state index in [1.165, 1.54) is 4.57 Å². The van der Waals surface area contributed by atoms with Crippen molar-refractivity contribution in [3.8, 4) is 0 Å². The molecule has 1 aromatic rings. The van der Waals surface area contributed by atoms with E-state index in [9.17, 15) is 9.18 Å². The van der Waals surface area contributed by atoms with Crippen LogP contribution in [0.1, 0.15) is 12.8 Å². The lowest BCUT2D eigenvalue weighted by Crippen LogP contribution is -2.24. The number of hydrogen-bond acceptors (Lipinski definition) is 3. The second-order valence-corrected chi connectivity index (χ2v) is 3.92. The zero-order valence-electron chi connectivity index (χ0n) is 7.54. The maximum absolute atomic E-state index is 12.9. The standard InChI is InChI=1S/C8H11FIN3O/c9-6-5-13(4-2-1-3-10)8(14)12-7(6)11/h5H,1-4H2,(H2,11,12,14). The van der Waals surface area contributed by atoms with Gasteiger partial charge >= 0.3 is 5.69 Å². The summed E-state index contributed by atoms with van der Waals surface area (Å²) in [5.74, 6) is -0.973. The van der Waals surface area contributed by atoms with Gasteiger partial charge in [0.2, 0.25) is 0 Å². The summed E-state index contributed by atoms with van der Waals surface area (Å²) in [5, 5.41) is 0. The third-order valence-corrected chi connectivity index (χ3v) is 2.52. The van der Waals surface area contributed by atoms with Gasteiger partial charge in [-0.3, -0.25) is 4.57 Å². The van der Waals surface area contributed by atoms with Crippen LogP contribution in [0.15, 0.2) is 11.0 Å². The second kappa shape index (κ2) is 5.28. The third kappa shape index (κ3) is 2.93. The van der Waals surface area contributed by atoms with Crippen molar-refractivity contribution < 1.29 is 4.39 Å². The molecule has 1 rings (SSSR count). The van der Waals surface area contributed by atoms with Gasteiger partial charge in [0.1, 0.15) is 0 Å². The lowest BCUT2D eigenvalue weighted by Gasteiger charge is -2.04. The molecule has 6 heteroatoms. The zero-order valence-corrected chi connectivity index (χ0v) is 9.70. The Morgan fingerprint density at radius 1 is 1.57 bits per heavy atom. The quantitative estimate of drug-likeness (QED) is 0.516. The van der Waals surface area contributed by atoms with Crippen LogP contribution < -0.4 is 11.4 Å². The molecule has 1 aromatic heterocycles. The van der Waals surface area contributed by atoms with Gasteiger partial charge in [0, 0.05) is 12.7 Å². The number of unbranched alkanes of at least 4 members (excludes halogenated alkanes) is 1. The summed E-state index contributed by atoms with van der Waals surface area (Å²) >= 11 is 2.25. The number of hydrogen-bond donors (Lipinski definition) is 1. The Morgan fingerprint density at radius 3 is 2.93 bits per heavy atom. The average Bonchev–Trinajstić information content (AvgIpc) is 2.14. The van der Waals surface area contributed by atoms with Gasteiger partial charge in [-0.25, -0.2) is 9.18 Å². The van der Waals surface area contributed by atoms with Gasteiger partial charge in [0.25, 0.3) is 0 Å². The molecule has 0 radical (unpaired) electrons. The fraction of sp³-hybridized carbons (Fsp3) is 0.500. The van der Waals surface area contributed by atoms with E-state index in [2.05, 4.69) is 27.6 Å². The summed E-state index contributed by atoms with van der Waals surface area (Å²) in [6, 6.07) is 0. The van der Waals surface area contributed by atoms with Crippen LogP contribution >= 0.6 is 22.6 Å². The number of alkyl halides is 1. The van der Waals surface area contributed by atoms with Crippen molar-refractivity contribution in [1.82, 2.24) is 9.55 Å². The zero-order chi connectivity index (χ0) is 10.6. The number of rotatable bonds is 4. The lowest BCUT2D eigenvalue weighted by molar-refractivity contribution is 0.551. The Kier molecular flexibility index (Phi) is 4.30. The normalized spacial score (nSPS) is 10.4. The highest BCUT2D eigenvalue weighted by Crippen LogP contribution is 2.02. The number of nitrogens with zero attached hydrogens (tertiary/aromatic N) is 2. The van der Waals surface area contributed by atoms with E-state index in [0.717, 1.165) is 23.5 Å². The van der Waals surface area contributed by atoms with Crippen molar-refractivity contribution in [2.45, 2.75) is 19.4 Å². The fourth-order valence-corrected chi connectivity index (χ4v) is 1.56. The minimum Gasteiger partial charge on any atom is -0.381 e. The monoisotopic (exact) mass is 311 g/mol. The summed E-state index contributed by atoms with van der Waals surface area (Å²) < 4.78 is 15.2. The van der Waals surface area contributed by atoms with E-state index in [-0.39, 0.29) is 5.82 Å². The van der Waals surface area contributed by atoms with Crippen molar-refractivity contribution in [2.24, 2.45) is 0 Å². The van der Waals surface area contributed by atoms with E-state index in [0.29, 0.717) is 6.54 Å². The van der Waals surface area contributed by atoms with Crippen molar-refractivity contribution >= 4 is 28.4 Å². The van der Waals surface area contributed by atoms with Gasteiger partial charge in [0.05, 0.1) is 0 Å². The minimum atomic E-state index is -0.640. The molecule has 2 N–H and O–H groups in total. The van der Waals surface area contributed by atoms with Crippen LogP contribution in [0.25, 0.3) is 0 Å². The molecular weight excluding hydrogens is 300 g/mol. The van der Waals surface area contributed by atoms with Gasteiger partial charge in [-0.1, -0.05) is 22.6 Å². The first-order chi connectivity index (χ1) is 6.65. The summed E-state index contributed by atoms with van der Waals surface area (Å²) in [5.41, 5.74) is 4.66. The predicted octanol–water partition coefficient (Wildman–Crippen LogP) is 1.18. The number of halogens is 2. The summed E-state index contributed by atoms with van der Waals surface area (Å²) in [6.07, 6.45) is 2.95. The number of nitrogens with two attached hydrogens (primary N) is 1. The maximum atomic E-state index is 12.9. The molecule has 0 amide bonds. The van der Waals surface area contributed by atoms with Crippen LogP contribution in [0.2, 0.25) is 0 Å². The highest BCUT2D eigenvalue weighted by molar-refractivity contribution is 14.1. The SMILES string of the molecule is Nc1nc(=O)n(CCCCI)cc1F. The molecule has 0 aliphatic rings.